The first-order valence-corrected chi connectivity index (χ1v) is 5.22. The van der Waals surface area contributed by atoms with Gasteiger partial charge in [0, 0.05) is 17.8 Å². The first-order chi connectivity index (χ1) is 8.65. The van der Waals surface area contributed by atoms with Gasteiger partial charge in [0.15, 0.2) is 0 Å². The second-order valence-corrected chi connectivity index (χ2v) is 3.60. The van der Waals surface area contributed by atoms with Gasteiger partial charge in [0.1, 0.15) is 23.9 Å². The van der Waals surface area contributed by atoms with Crippen LogP contribution in [-0.4, -0.2) is 16.1 Å². The Hall–Kier alpha value is -2.43. The van der Waals surface area contributed by atoms with Crippen LogP contribution < -0.4 is 4.74 Å². The smallest absolute Gasteiger partial charge is 0.354 e. The first kappa shape index (κ1) is 12.0. The van der Waals surface area contributed by atoms with Crippen LogP contribution in [-0.2, 0) is 6.61 Å². The number of hydrogen-bond acceptors (Lipinski definition) is 3. The molecule has 18 heavy (non-hydrogen) atoms. The number of carbonyl (C=O) groups is 1. The number of aromatic carboxylic acids is 1. The van der Waals surface area contributed by atoms with E-state index in [2.05, 4.69) is 4.98 Å². The fourth-order valence-corrected chi connectivity index (χ4v) is 1.36. The summed E-state index contributed by atoms with van der Waals surface area (Å²) in [6, 6.07) is 8.80. The molecule has 0 amide bonds. The minimum Gasteiger partial charge on any atom is -0.489 e. The van der Waals surface area contributed by atoms with Gasteiger partial charge in [-0.2, -0.15) is 0 Å². The van der Waals surface area contributed by atoms with Crippen molar-refractivity contribution in [3.05, 3.63) is 59.7 Å². The lowest BCUT2D eigenvalue weighted by Crippen LogP contribution is -2.02. The second kappa shape index (κ2) is 5.27. The third-order valence-corrected chi connectivity index (χ3v) is 2.25. The molecule has 0 atom stereocenters. The molecule has 0 aliphatic rings. The van der Waals surface area contributed by atoms with Crippen LogP contribution >= 0.6 is 0 Å². The molecule has 0 spiro atoms. The lowest BCUT2D eigenvalue weighted by Gasteiger charge is -2.06. The zero-order valence-electron chi connectivity index (χ0n) is 9.34. The molecule has 0 unspecified atom stereocenters. The van der Waals surface area contributed by atoms with Crippen molar-refractivity contribution in [1.29, 1.82) is 0 Å². The number of rotatable bonds is 4. The molecule has 0 bridgehead atoms. The molecule has 0 saturated heterocycles. The zero-order chi connectivity index (χ0) is 13.0. The number of benzene rings is 1. The van der Waals surface area contributed by atoms with Gasteiger partial charge < -0.3 is 9.84 Å². The highest BCUT2D eigenvalue weighted by atomic mass is 19.1. The molecule has 1 N–H and O–H groups in total. The molecule has 4 nitrogen and oxygen atoms in total. The molecule has 1 aromatic carbocycles. The van der Waals surface area contributed by atoms with Gasteiger partial charge in [-0.15, -0.1) is 0 Å². The fourth-order valence-electron chi connectivity index (χ4n) is 1.36. The van der Waals surface area contributed by atoms with Gasteiger partial charge in [-0.05, 0) is 18.2 Å². The lowest BCUT2D eigenvalue weighted by atomic mass is 10.2. The Morgan fingerprint density at radius 1 is 1.33 bits per heavy atom. The zero-order valence-corrected chi connectivity index (χ0v) is 9.34. The molecule has 2 rings (SSSR count). The molecule has 0 radical (unpaired) electrons. The van der Waals surface area contributed by atoms with E-state index in [4.69, 9.17) is 9.84 Å². The molecule has 2 aromatic rings. The Morgan fingerprint density at radius 2 is 2.17 bits per heavy atom. The molecule has 0 aliphatic carbocycles. The Morgan fingerprint density at radius 3 is 2.78 bits per heavy atom. The van der Waals surface area contributed by atoms with Crippen molar-refractivity contribution < 1.29 is 19.0 Å². The normalized spacial score (nSPS) is 10.1. The van der Waals surface area contributed by atoms with Crippen molar-refractivity contribution in [3.8, 4) is 5.75 Å². The van der Waals surface area contributed by atoms with Crippen molar-refractivity contribution in [3.63, 3.8) is 0 Å². The number of halogens is 1. The number of pyridine rings is 1. The SMILES string of the molecule is O=C(O)c1ccc(COc2cccc(F)c2)cn1. The van der Waals surface area contributed by atoms with Gasteiger partial charge in [-0.3, -0.25) is 0 Å². The summed E-state index contributed by atoms with van der Waals surface area (Å²) in [5.74, 6) is -1.03. The third-order valence-electron chi connectivity index (χ3n) is 2.25. The minimum atomic E-state index is -1.08. The van der Waals surface area contributed by atoms with Gasteiger partial charge in [-0.1, -0.05) is 12.1 Å². The van der Waals surface area contributed by atoms with Crippen LogP contribution in [0.25, 0.3) is 0 Å². The third kappa shape index (κ3) is 3.04. The van der Waals surface area contributed by atoms with E-state index in [0.29, 0.717) is 11.3 Å². The average Bonchev–Trinajstić information content (AvgIpc) is 2.37. The van der Waals surface area contributed by atoms with Crippen LogP contribution in [0.15, 0.2) is 42.6 Å². The molecular formula is C13H10FNO3. The van der Waals surface area contributed by atoms with Gasteiger partial charge in [-0.25, -0.2) is 14.2 Å². The molecule has 5 heteroatoms. The molecule has 0 saturated carbocycles. The number of nitrogens with zero attached hydrogens (tertiary/aromatic N) is 1. The quantitative estimate of drug-likeness (QED) is 0.901. The summed E-state index contributed by atoms with van der Waals surface area (Å²) in [7, 11) is 0. The van der Waals surface area contributed by atoms with E-state index < -0.39 is 5.97 Å². The Bertz CT molecular complexity index is 554. The van der Waals surface area contributed by atoms with E-state index in [0.717, 1.165) is 0 Å². The van der Waals surface area contributed by atoms with Crippen LogP contribution in [0, 0.1) is 5.82 Å². The van der Waals surface area contributed by atoms with Crippen LogP contribution in [0.2, 0.25) is 0 Å². The minimum absolute atomic E-state index is 0.0236. The maximum Gasteiger partial charge on any atom is 0.354 e. The monoisotopic (exact) mass is 247 g/mol. The average molecular weight is 247 g/mol. The summed E-state index contributed by atoms with van der Waals surface area (Å²) < 4.78 is 18.2. The molecule has 0 aliphatic heterocycles. The summed E-state index contributed by atoms with van der Waals surface area (Å²) in [6.07, 6.45) is 1.42. The van der Waals surface area contributed by atoms with E-state index in [1.54, 1.807) is 18.2 Å². The molecular weight excluding hydrogens is 237 g/mol. The summed E-state index contributed by atoms with van der Waals surface area (Å²) in [5, 5.41) is 8.68. The Balaban J connectivity index is 2.00. The van der Waals surface area contributed by atoms with Crippen LogP contribution in [0.3, 0.4) is 0 Å². The van der Waals surface area contributed by atoms with Gasteiger partial charge in [0.05, 0.1) is 0 Å². The number of carboxylic acid groups (broad SMARTS) is 1. The van der Waals surface area contributed by atoms with Crippen LogP contribution in [0.4, 0.5) is 4.39 Å². The van der Waals surface area contributed by atoms with E-state index in [9.17, 15) is 9.18 Å². The predicted molar refractivity (Wildman–Crippen MR) is 61.9 cm³/mol. The van der Waals surface area contributed by atoms with Crippen molar-refractivity contribution >= 4 is 5.97 Å². The van der Waals surface area contributed by atoms with Crippen LogP contribution in [0.1, 0.15) is 16.1 Å². The molecule has 1 aromatic heterocycles. The first-order valence-electron chi connectivity index (χ1n) is 5.22. The summed E-state index contributed by atoms with van der Waals surface area (Å²) >= 11 is 0. The number of aromatic nitrogens is 1. The molecule has 92 valence electrons. The number of ether oxygens (including phenoxy) is 1. The van der Waals surface area contributed by atoms with E-state index >= 15 is 0 Å². The van der Waals surface area contributed by atoms with Crippen LogP contribution in [0.5, 0.6) is 5.75 Å². The Kier molecular flexibility index (Phi) is 3.52. The highest BCUT2D eigenvalue weighted by Gasteiger charge is 2.04. The van der Waals surface area contributed by atoms with Gasteiger partial charge in [0.25, 0.3) is 0 Å². The maximum atomic E-state index is 12.9. The van der Waals surface area contributed by atoms with E-state index in [-0.39, 0.29) is 18.1 Å². The summed E-state index contributed by atoms with van der Waals surface area (Å²) in [4.78, 5) is 14.3. The Labute approximate surface area is 103 Å². The highest BCUT2D eigenvalue weighted by Crippen LogP contribution is 2.14. The number of carboxylic acids is 1. The summed E-state index contributed by atoms with van der Waals surface area (Å²) in [5.41, 5.74) is 0.689. The van der Waals surface area contributed by atoms with Gasteiger partial charge in [0.2, 0.25) is 0 Å². The van der Waals surface area contributed by atoms with E-state index in [1.807, 2.05) is 0 Å². The second-order valence-electron chi connectivity index (χ2n) is 3.60. The van der Waals surface area contributed by atoms with Crippen molar-refractivity contribution in [1.82, 2.24) is 4.98 Å². The topological polar surface area (TPSA) is 59.4 Å². The van der Waals surface area contributed by atoms with Crippen molar-refractivity contribution in [2.75, 3.05) is 0 Å². The van der Waals surface area contributed by atoms with E-state index in [1.165, 1.54) is 24.4 Å². The summed E-state index contributed by atoms with van der Waals surface area (Å²) in [6.45, 7) is 0.205. The molecule has 1 heterocycles. The largest absolute Gasteiger partial charge is 0.489 e. The van der Waals surface area contributed by atoms with Crippen molar-refractivity contribution in [2.45, 2.75) is 6.61 Å². The fraction of sp³-hybridized carbons (Fsp3) is 0.0769. The standard InChI is InChI=1S/C13H10FNO3/c14-10-2-1-3-11(6-10)18-8-9-4-5-12(13(16)17)15-7-9/h1-7H,8H2,(H,16,17). The van der Waals surface area contributed by atoms with Gasteiger partial charge >= 0.3 is 5.97 Å². The number of hydrogen-bond donors (Lipinski definition) is 1. The molecule has 0 fully saturated rings. The predicted octanol–water partition coefficient (Wildman–Crippen LogP) is 2.50. The highest BCUT2D eigenvalue weighted by molar-refractivity contribution is 5.85. The maximum absolute atomic E-state index is 12.9. The lowest BCUT2D eigenvalue weighted by molar-refractivity contribution is 0.0690. The van der Waals surface area contributed by atoms with Crippen molar-refractivity contribution in [2.24, 2.45) is 0 Å².